The van der Waals surface area contributed by atoms with E-state index in [0.29, 0.717) is 11.2 Å². The van der Waals surface area contributed by atoms with E-state index in [9.17, 15) is 12.9 Å². The summed E-state index contributed by atoms with van der Waals surface area (Å²) in [5.74, 6) is 0. The van der Waals surface area contributed by atoms with Gasteiger partial charge < -0.3 is 17.5 Å². The van der Waals surface area contributed by atoms with Crippen molar-refractivity contribution in [2.24, 2.45) is 0 Å². The van der Waals surface area contributed by atoms with Crippen LogP contribution in [0.2, 0.25) is 0 Å². The molecule has 0 fully saturated rings. The molecule has 1 aromatic heterocycles. The first kappa shape index (κ1) is 14.3. The molecule has 2 rings (SSSR count). The Hall–Kier alpha value is 0.251. The first-order chi connectivity index (χ1) is 6.97. The average molecular weight is 251 g/mol. The summed E-state index contributed by atoms with van der Waals surface area (Å²) in [6.45, 7) is -3.10. The van der Waals surface area contributed by atoms with E-state index in [1.165, 1.54) is 4.57 Å². The molecule has 0 aliphatic heterocycles. The van der Waals surface area contributed by atoms with Crippen LogP contribution in [0.15, 0.2) is 30.3 Å². The third-order valence-electron chi connectivity index (χ3n) is 2.41. The molecular formula is C10H10BF3KN. The molecule has 2 aromatic rings. The maximum Gasteiger partial charge on any atom is 1.00 e. The zero-order valence-corrected chi connectivity index (χ0v) is 12.4. The molecule has 1 heterocycles. The minimum atomic E-state index is -4.79. The Kier molecular flexibility index (Phi) is 4.71. The summed E-state index contributed by atoms with van der Waals surface area (Å²) in [6.07, 6.45) is -0.862. The van der Waals surface area contributed by atoms with Gasteiger partial charge in [-0.25, -0.2) is 0 Å². The molecule has 0 atom stereocenters. The first-order valence-corrected chi connectivity index (χ1v) is 4.73. The molecule has 0 aliphatic rings. The Labute approximate surface area is 134 Å². The normalized spacial score (nSPS) is 11.5. The van der Waals surface area contributed by atoms with Crippen molar-refractivity contribution in [1.29, 1.82) is 0 Å². The number of benzene rings is 1. The molecule has 0 radical (unpaired) electrons. The molecule has 80 valence electrons. The van der Waals surface area contributed by atoms with Gasteiger partial charge in [0, 0.05) is 11.2 Å². The van der Waals surface area contributed by atoms with Crippen LogP contribution in [0.25, 0.3) is 10.9 Å². The van der Waals surface area contributed by atoms with Gasteiger partial charge in [-0.15, -0.1) is 0 Å². The van der Waals surface area contributed by atoms with E-state index in [2.05, 4.69) is 0 Å². The SMILES string of the molecule is Cc1cc2ccccc2n1C[B-](F)(F)F.[K+]. The van der Waals surface area contributed by atoms with E-state index in [0.717, 1.165) is 5.39 Å². The number of fused-ring (bicyclic) bond motifs is 1. The number of hydrogen-bond donors (Lipinski definition) is 0. The van der Waals surface area contributed by atoms with Gasteiger partial charge in [-0.1, -0.05) is 18.2 Å². The van der Waals surface area contributed by atoms with Crippen LogP contribution in [0.3, 0.4) is 0 Å². The summed E-state index contributed by atoms with van der Waals surface area (Å²) in [5.41, 5.74) is 1.30. The number of aromatic nitrogens is 1. The first-order valence-electron chi connectivity index (χ1n) is 4.73. The Morgan fingerprint density at radius 2 is 1.81 bits per heavy atom. The van der Waals surface area contributed by atoms with E-state index in [4.69, 9.17) is 0 Å². The molecule has 16 heavy (non-hydrogen) atoms. The van der Waals surface area contributed by atoms with Crippen molar-refractivity contribution in [1.82, 2.24) is 4.57 Å². The zero-order chi connectivity index (χ0) is 11.1. The van der Waals surface area contributed by atoms with Crippen LogP contribution in [0.1, 0.15) is 5.69 Å². The quantitative estimate of drug-likeness (QED) is 0.678. The van der Waals surface area contributed by atoms with E-state index in [1.54, 1.807) is 25.1 Å². The molecule has 0 saturated carbocycles. The molecule has 0 amide bonds. The molecule has 6 heteroatoms. The number of rotatable bonds is 2. The molecule has 0 saturated heterocycles. The van der Waals surface area contributed by atoms with Crippen LogP contribution >= 0.6 is 0 Å². The molecule has 0 N–H and O–H groups in total. The average Bonchev–Trinajstić information content (AvgIpc) is 2.41. The van der Waals surface area contributed by atoms with Gasteiger partial charge >= 0.3 is 58.4 Å². The summed E-state index contributed by atoms with van der Waals surface area (Å²) in [6, 6.07) is 8.88. The standard InChI is InChI=1S/C10H10BF3N.K/c1-8-6-9-4-2-3-5-10(9)15(8)7-11(12,13)14;/h2-6H,7H2,1H3;/q-1;+1. The van der Waals surface area contributed by atoms with Gasteiger partial charge in [0.25, 0.3) is 0 Å². The van der Waals surface area contributed by atoms with Crippen molar-refractivity contribution in [3.63, 3.8) is 0 Å². The van der Waals surface area contributed by atoms with Crippen molar-refractivity contribution >= 4 is 17.9 Å². The Balaban J connectivity index is 0.00000128. The second-order valence-corrected chi connectivity index (χ2v) is 3.67. The summed E-state index contributed by atoms with van der Waals surface area (Å²) in [4.78, 5) is 0. The minimum Gasteiger partial charge on any atom is -0.448 e. The topological polar surface area (TPSA) is 4.93 Å². The monoisotopic (exact) mass is 251 g/mol. The molecule has 0 bridgehead atoms. The Morgan fingerprint density at radius 1 is 1.19 bits per heavy atom. The predicted molar refractivity (Wildman–Crippen MR) is 55.8 cm³/mol. The van der Waals surface area contributed by atoms with Crippen molar-refractivity contribution in [3.8, 4) is 0 Å². The second kappa shape index (κ2) is 5.27. The van der Waals surface area contributed by atoms with Gasteiger partial charge in [0.1, 0.15) is 0 Å². The largest absolute Gasteiger partial charge is 1.00 e. The van der Waals surface area contributed by atoms with Gasteiger partial charge in [0.2, 0.25) is 0 Å². The third-order valence-corrected chi connectivity index (χ3v) is 2.41. The van der Waals surface area contributed by atoms with Gasteiger partial charge in [0.05, 0.1) is 0 Å². The van der Waals surface area contributed by atoms with Crippen molar-refractivity contribution in [2.75, 3.05) is 0 Å². The summed E-state index contributed by atoms with van der Waals surface area (Å²) >= 11 is 0. The van der Waals surface area contributed by atoms with Crippen LogP contribution in [-0.2, 0) is 6.44 Å². The maximum absolute atomic E-state index is 12.4. The number of hydrogen-bond acceptors (Lipinski definition) is 0. The van der Waals surface area contributed by atoms with E-state index in [-0.39, 0.29) is 51.4 Å². The van der Waals surface area contributed by atoms with Crippen LogP contribution in [0.4, 0.5) is 12.9 Å². The maximum atomic E-state index is 12.4. The van der Waals surface area contributed by atoms with Crippen molar-refractivity contribution in [3.05, 3.63) is 36.0 Å². The smallest absolute Gasteiger partial charge is 0.448 e. The van der Waals surface area contributed by atoms with E-state index >= 15 is 0 Å². The number of nitrogens with zero attached hydrogens (tertiary/aromatic N) is 1. The minimum absolute atomic E-state index is 0. The van der Waals surface area contributed by atoms with E-state index < -0.39 is 13.4 Å². The van der Waals surface area contributed by atoms with Gasteiger partial charge in [0.15, 0.2) is 0 Å². The fraction of sp³-hybridized carbons (Fsp3) is 0.200. The number of para-hydroxylation sites is 1. The molecule has 1 nitrogen and oxygen atoms in total. The van der Waals surface area contributed by atoms with Gasteiger partial charge in [-0.2, -0.15) is 0 Å². The second-order valence-electron chi connectivity index (χ2n) is 3.67. The molecule has 0 aliphatic carbocycles. The molecule has 1 aromatic carbocycles. The van der Waals surface area contributed by atoms with Crippen LogP contribution < -0.4 is 51.4 Å². The predicted octanol–water partition coefficient (Wildman–Crippen LogP) is 0.340. The van der Waals surface area contributed by atoms with Crippen molar-refractivity contribution in [2.45, 2.75) is 13.4 Å². The summed E-state index contributed by atoms with van der Waals surface area (Å²) in [7, 11) is 0. The van der Waals surface area contributed by atoms with Gasteiger partial charge in [-0.05, 0) is 30.9 Å². The Morgan fingerprint density at radius 3 is 2.44 bits per heavy atom. The fourth-order valence-corrected chi connectivity index (χ4v) is 1.80. The van der Waals surface area contributed by atoms with Crippen molar-refractivity contribution < 1.29 is 64.3 Å². The number of halogens is 3. The zero-order valence-electron chi connectivity index (χ0n) is 9.25. The van der Waals surface area contributed by atoms with Crippen LogP contribution in [0.5, 0.6) is 0 Å². The van der Waals surface area contributed by atoms with Gasteiger partial charge in [-0.3, -0.25) is 0 Å². The molecular weight excluding hydrogens is 241 g/mol. The van der Waals surface area contributed by atoms with Crippen LogP contribution in [0, 0.1) is 6.92 Å². The van der Waals surface area contributed by atoms with Crippen LogP contribution in [-0.4, -0.2) is 11.5 Å². The van der Waals surface area contributed by atoms with E-state index in [1.807, 2.05) is 12.1 Å². The summed E-state index contributed by atoms with van der Waals surface area (Å²) < 4.78 is 38.4. The summed E-state index contributed by atoms with van der Waals surface area (Å²) in [5, 5.41) is 0.857. The molecule has 0 unspecified atom stereocenters. The Bertz CT molecular complexity index is 492. The number of aryl methyl sites for hydroxylation is 1. The third kappa shape index (κ3) is 3.14. The molecule has 0 spiro atoms. The fourth-order valence-electron chi connectivity index (χ4n) is 1.80.